The molecule has 1 aromatic heterocycles. The molecule has 5 nitrogen and oxygen atoms in total. The number of sulfonamides is 1. The van der Waals surface area contributed by atoms with Gasteiger partial charge < -0.3 is 4.74 Å². The van der Waals surface area contributed by atoms with Gasteiger partial charge in [0.05, 0.1) is 28.5 Å². The molecule has 0 atom stereocenters. The van der Waals surface area contributed by atoms with Crippen molar-refractivity contribution in [1.29, 1.82) is 0 Å². The number of para-hydroxylation sites is 1. The highest BCUT2D eigenvalue weighted by Crippen LogP contribution is 2.32. The van der Waals surface area contributed by atoms with Crippen LogP contribution in [0.4, 0.5) is 5.69 Å². The van der Waals surface area contributed by atoms with Crippen LogP contribution in [0.5, 0.6) is 5.75 Å². The van der Waals surface area contributed by atoms with E-state index >= 15 is 0 Å². The van der Waals surface area contributed by atoms with Gasteiger partial charge in [-0.2, -0.15) is 0 Å². The van der Waals surface area contributed by atoms with E-state index in [1.54, 1.807) is 42.5 Å². The second-order valence-electron chi connectivity index (χ2n) is 5.20. The molecular weight excluding hydrogens is 380 g/mol. The lowest BCUT2D eigenvalue weighted by atomic mass is 10.2. The second-order valence-corrected chi connectivity index (χ2v) is 8.32. The number of benzene rings is 2. The zero-order chi connectivity index (χ0) is 18.0. The lowest BCUT2D eigenvalue weighted by Crippen LogP contribution is -2.14. The maximum absolute atomic E-state index is 12.9. The van der Waals surface area contributed by atoms with Gasteiger partial charge in [-0.1, -0.05) is 23.7 Å². The molecule has 1 N–H and O–H groups in total. The minimum Gasteiger partial charge on any atom is -0.495 e. The number of nitrogens with zero attached hydrogens (tertiary/aromatic N) is 1. The number of thiazole rings is 1. The molecule has 0 aliphatic rings. The van der Waals surface area contributed by atoms with Crippen molar-refractivity contribution >= 4 is 38.6 Å². The van der Waals surface area contributed by atoms with Crippen LogP contribution in [-0.4, -0.2) is 20.5 Å². The summed E-state index contributed by atoms with van der Waals surface area (Å²) >= 11 is 7.56. The minimum absolute atomic E-state index is 0.0260. The standard InChI is InChI=1S/C17H15ClN2O3S2/c1-11-19-15(10-24-11)12-7-8-16(23-2)17(9-12)25(21,22)20-14-6-4-3-5-13(14)18/h3-10,20H,1-2H3. The third kappa shape index (κ3) is 3.78. The van der Waals surface area contributed by atoms with Crippen molar-refractivity contribution in [3.63, 3.8) is 0 Å². The van der Waals surface area contributed by atoms with E-state index in [0.29, 0.717) is 16.3 Å². The third-order valence-electron chi connectivity index (χ3n) is 3.49. The van der Waals surface area contributed by atoms with Crippen LogP contribution in [0.15, 0.2) is 52.7 Å². The molecule has 0 aliphatic heterocycles. The Balaban J connectivity index is 2.06. The fourth-order valence-electron chi connectivity index (χ4n) is 2.29. The molecule has 0 amide bonds. The maximum Gasteiger partial charge on any atom is 0.265 e. The Labute approximate surface area is 155 Å². The normalized spacial score (nSPS) is 11.3. The van der Waals surface area contributed by atoms with Gasteiger partial charge in [0.2, 0.25) is 0 Å². The quantitative estimate of drug-likeness (QED) is 0.687. The van der Waals surface area contributed by atoms with E-state index in [0.717, 1.165) is 10.7 Å². The number of ether oxygens (including phenoxy) is 1. The zero-order valence-electron chi connectivity index (χ0n) is 13.5. The van der Waals surface area contributed by atoms with Gasteiger partial charge in [-0.15, -0.1) is 11.3 Å². The molecule has 0 spiro atoms. The molecule has 0 fully saturated rings. The van der Waals surface area contributed by atoms with Gasteiger partial charge in [0, 0.05) is 10.9 Å². The first-order valence-electron chi connectivity index (χ1n) is 7.28. The summed E-state index contributed by atoms with van der Waals surface area (Å²) in [4.78, 5) is 4.43. The van der Waals surface area contributed by atoms with Gasteiger partial charge in [0.1, 0.15) is 10.6 Å². The van der Waals surface area contributed by atoms with E-state index in [9.17, 15) is 8.42 Å². The number of methoxy groups -OCH3 is 1. The molecule has 130 valence electrons. The molecular formula is C17H15ClN2O3S2. The van der Waals surface area contributed by atoms with Crippen molar-refractivity contribution in [1.82, 2.24) is 4.98 Å². The Morgan fingerprint density at radius 3 is 2.60 bits per heavy atom. The minimum atomic E-state index is -3.89. The van der Waals surface area contributed by atoms with Gasteiger partial charge in [-0.05, 0) is 37.3 Å². The van der Waals surface area contributed by atoms with Crippen molar-refractivity contribution in [3.8, 4) is 17.0 Å². The number of aryl methyl sites for hydroxylation is 1. The largest absolute Gasteiger partial charge is 0.495 e. The molecule has 3 rings (SSSR count). The predicted molar refractivity (Wildman–Crippen MR) is 101 cm³/mol. The molecule has 0 saturated heterocycles. The van der Waals surface area contributed by atoms with Crippen LogP contribution in [-0.2, 0) is 10.0 Å². The van der Waals surface area contributed by atoms with E-state index in [1.807, 2.05) is 12.3 Å². The summed E-state index contributed by atoms with van der Waals surface area (Å²) in [6, 6.07) is 11.6. The Bertz CT molecular complexity index is 1020. The van der Waals surface area contributed by atoms with Crippen molar-refractivity contribution in [2.24, 2.45) is 0 Å². The number of hydrogen-bond donors (Lipinski definition) is 1. The highest BCUT2D eigenvalue weighted by Gasteiger charge is 2.22. The summed E-state index contributed by atoms with van der Waals surface area (Å²) in [5.41, 5.74) is 1.73. The van der Waals surface area contributed by atoms with E-state index in [4.69, 9.17) is 16.3 Å². The predicted octanol–water partition coefficient (Wildman–Crippen LogP) is 4.58. The molecule has 0 bridgehead atoms. The van der Waals surface area contributed by atoms with Gasteiger partial charge in [0.25, 0.3) is 10.0 Å². The van der Waals surface area contributed by atoms with Gasteiger partial charge >= 0.3 is 0 Å². The zero-order valence-corrected chi connectivity index (χ0v) is 15.9. The van der Waals surface area contributed by atoms with E-state index in [-0.39, 0.29) is 10.6 Å². The summed E-state index contributed by atoms with van der Waals surface area (Å²) in [6.45, 7) is 1.90. The lowest BCUT2D eigenvalue weighted by Gasteiger charge is -2.13. The first kappa shape index (κ1) is 17.7. The Hall–Kier alpha value is -2.09. The van der Waals surface area contributed by atoms with Crippen molar-refractivity contribution in [3.05, 3.63) is 57.9 Å². The van der Waals surface area contributed by atoms with E-state index < -0.39 is 10.0 Å². The van der Waals surface area contributed by atoms with Crippen LogP contribution >= 0.6 is 22.9 Å². The monoisotopic (exact) mass is 394 g/mol. The van der Waals surface area contributed by atoms with E-state index in [1.165, 1.54) is 18.4 Å². The molecule has 8 heteroatoms. The summed E-state index contributed by atoms with van der Waals surface area (Å²) in [7, 11) is -2.46. The highest BCUT2D eigenvalue weighted by atomic mass is 35.5. The number of halogens is 1. The van der Waals surface area contributed by atoms with E-state index in [2.05, 4.69) is 9.71 Å². The molecule has 25 heavy (non-hydrogen) atoms. The van der Waals surface area contributed by atoms with Gasteiger partial charge in [-0.3, -0.25) is 4.72 Å². The molecule has 1 heterocycles. The average molecular weight is 395 g/mol. The molecule has 0 radical (unpaired) electrons. The number of anilines is 1. The molecule has 0 aliphatic carbocycles. The topological polar surface area (TPSA) is 68.3 Å². The highest BCUT2D eigenvalue weighted by molar-refractivity contribution is 7.92. The molecule has 3 aromatic rings. The number of rotatable bonds is 5. The average Bonchev–Trinajstić information content (AvgIpc) is 3.02. The van der Waals surface area contributed by atoms with Crippen LogP contribution in [0, 0.1) is 6.92 Å². The van der Waals surface area contributed by atoms with Crippen molar-refractivity contribution in [2.75, 3.05) is 11.8 Å². The molecule has 0 saturated carbocycles. The van der Waals surface area contributed by atoms with Crippen LogP contribution in [0.1, 0.15) is 5.01 Å². The summed E-state index contributed by atoms with van der Waals surface area (Å²) < 4.78 is 33.4. The van der Waals surface area contributed by atoms with Crippen molar-refractivity contribution in [2.45, 2.75) is 11.8 Å². The Kier molecular flexibility index (Phi) is 4.99. The Morgan fingerprint density at radius 1 is 1.20 bits per heavy atom. The first-order valence-corrected chi connectivity index (χ1v) is 10.0. The summed E-state index contributed by atoms with van der Waals surface area (Å²) in [5, 5.41) is 3.11. The number of hydrogen-bond acceptors (Lipinski definition) is 5. The first-order chi connectivity index (χ1) is 11.9. The fourth-order valence-corrected chi connectivity index (χ4v) is 4.42. The number of aromatic nitrogens is 1. The van der Waals surface area contributed by atoms with Crippen LogP contribution < -0.4 is 9.46 Å². The van der Waals surface area contributed by atoms with Crippen LogP contribution in [0.25, 0.3) is 11.3 Å². The van der Waals surface area contributed by atoms with Crippen LogP contribution in [0.3, 0.4) is 0 Å². The second kappa shape index (κ2) is 7.03. The SMILES string of the molecule is COc1ccc(-c2csc(C)n2)cc1S(=O)(=O)Nc1ccccc1Cl. The van der Waals surface area contributed by atoms with Crippen molar-refractivity contribution < 1.29 is 13.2 Å². The van der Waals surface area contributed by atoms with Gasteiger partial charge in [-0.25, -0.2) is 13.4 Å². The summed E-state index contributed by atoms with van der Waals surface area (Å²) in [5.74, 6) is 0.246. The Morgan fingerprint density at radius 2 is 1.96 bits per heavy atom. The molecule has 2 aromatic carbocycles. The maximum atomic E-state index is 12.9. The van der Waals surface area contributed by atoms with Crippen LogP contribution in [0.2, 0.25) is 5.02 Å². The molecule has 0 unspecified atom stereocenters. The lowest BCUT2D eigenvalue weighted by molar-refractivity contribution is 0.403. The van der Waals surface area contributed by atoms with Gasteiger partial charge in [0.15, 0.2) is 0 Å². The smallest absolute Gasteiger partial charge is 0.265 e. The third-order valence-corrected chi connectivity index (χ3v) is 5.98. The number of nitrogens with one attached hydrogen (secondary N) is 1. The summed E-state index contributed by atoms with van der Waals surface area (Å²) in [6.07, 6.45) is 0. The fraction of sp³-hybridized carbons (Fsp3) is 0.118.